The highest BCUT2D eigenvalue weighted by molar-refractivity contribution is 6.30. The Morgan fingerprint density at radius 1 is 1.30 bits per heavy atom. The van der Waals surface area contributed by atoms with E-state index in [-0.39, 0.29) is 17.2 Å². The van der Waals surface area contributed by atoms with E-state index in [9.17, 15) is 9.59 Å². The third-order valence-electron chi connectivity index (χ3n) is 2.97. The van der Waals surface area contributed by atoms with Crippen LogP contribution in [-0.2, 0) is 0 Å². The molecule has 3 N–H and O–H groups in total. The number of aromatic amines is 1. The monoisotopic (exact) mass is 292 g/mol. The van der Waals surface area contributed by atoms with Gasteiger partial charge < -0.3 is 15.4 Å². The van der Waals surface area contributed by atoms with Gasteiger partial charge in [0.1, 0.15) is 5.56 Å². The predicted octanol–water partition coefficient (Wildman–Crippen LogP) is 3.24. The maximum atomic E-state index is 12.2. The lowest BCUT2D eigenvalue weighted by Crippen LogP contribution is -2.15. The van der Waals surface area contributed by atoms with E-state index in [4.69, 9.17) is 16.7 Å². The maximum Gasteiger partial charge on any atom is 0.339 e. The average Bonchev–Trinajstić information content (AvgIpc) is 2.70. The van der Waals surface area contributed by atoms with Crippen LogP contribution in [0.4, 0.5) is 5.69 Å². The molecule has 1 aromatic heterocycles. The molecule has 1 amide bonds. The number of H-pyrrole nitrogens is 1. The van der Waals surface area contributed by atoms with Crippen molar-refractivity contribution in [3.05, 3.63) is 51.8 Å². The molecule has 1 aromatic carbocycles. The number of rotatable bonds is 3. The van der Waals surface area contributed by atoms with Gasteiger partial charge in [-0.25, -0.2) is 4.79 Å². The molecule has 0 bridgehead atoms. The van der Waals surface area contributed by atoms with E-state index >= 15 is 0 Å². The molecule has 0 aliphatic rings. The van der Waals surface area contributed by atoms with E-state index in [1.54, 1.807) is 32.0 Å². The molecule has 5 nitrogen and oxygen atoms in total. The molecule has 0 aliphatic heterocycles. The van der Waals surface area contributed by atoms with Gasteiger partial charge in [-0.3, -0.25) is 4.79 Å². The summed E-state index contributed by atoms with van der Waals surface area (Å²) in [7, 11) is 0. The molecular formula is C14H13ClN2O3. The normalized spacial score (nSPS) is 10.3. The van der Waals surface area contributed by atoms with Crippen molar-refractivity contribution in [1.82, 2.24) is 4.98 Å². The summed E-state index contributed by atoms with van der Waals surface area (Å²) in [4.78, 5) is 26.1. The fourth-order valence-electron chi connectivity index (χ4n) is 1.97. The Morgan fingerprint density at radius 3 is 2.60 bits per heavy atom. The number of carbonyl (C=O) groups excluding carboxylic acids is 1. The van der Waals surface area contributed by atoms with Crippen LogP contribution in [0, 0.1) is 13.8 Å². The van der Waals surface area contributed by atoms with Gasteiger partial charge in [-0.1, -0.05) is 11.6 Å². The van der Waals surface area contributed by atoms with Gasteiger partial charge in [-0.15, -0.1) is 0 Å². The summed E-state index contributed by atoms with van der Waals surface area (Å²) in [5.74, 6) is -1.47. The van der Waals surface area contributed by atoms with Gasteiger partial charge in [0.25, 0.3) is 5.91 Å². The lowest BCUT2D eigenvalue weighted by atomic mass is 10.1. The van der Waals surface area contributed by atoms with Crippen molar-refractivity contribution < 1.29 is 14.7 Å². The number of anilines is 1. The highest BCUT2D eigenvalue weighted by atomic mass is 35.5. The Morgan fingerprint density at radius 2 is 2.00 bits per heavy atom. The molecule has 0 fully saturated rings. The molecule has 0 aliphatic carbocycles. The molecule has 6 heteroatoms. The summed E-state index contributed by atoms with van der Waals surface area (Å²) in [6.07, 6.45) is 1.46. The minimum atomic E-state index is -1.09. The van der Waals surface area contributed by atoms with Crippen molar-refractivity contribution >= 4 is 29.2 Å². The smallest absolute Gasteiger partial charge is 0.339 e. The fourth-order valence-corrected chi connectivity index (χ4v) is 2.20. The number of carboxylic acid groups (broad SMARTS) is 1. The quantitative estimate of drug-likeness (QED) is 0.812. The summed E-state index contributed by atoms with van der Waals surface area (Å²) < 4.78 is 0. The van der Waals surface area contributed by atoms with Gasteiger partial charge in [0.2, 0.25) is 0 Å². The Labute approximate surface area is 120 Å². The average molecular weight is 293 g/mol. The number of carbonyl (C=O) groups is 2. The van der Waals surface area contributed by atoms with Gasteiger partial charge in [-0.05, 0) is 37.6 Å². The zero-order valence-electron chi connectivity index (χ0n) is 11.0. The van der Waals surface area contributed by atoms with E-state index in [1.807, 2.05) is 0 Å². The zero-order chi connectivity index (χ0) is 14.9. The Bertz CT molecular complexity index is 692. The molecule has 0 atom stereocenters. The van der Waals surface area contributed by atoms with Crippen molar-refractivity contribution in [2.24, 2.45) is 0 Å². The van der Waals surface area contributed by atoms with E-state index in [0.29, 0.717) is 16.3 Å². The molecule has 20 heavy (non-hydrogen) atoms. The van der Waals surface area contributed by atoms with Crippen LogP contribution in [0.3, 0.4) is 0 Å². The minimum Gasteiger partial charge on any atom is -0.478 e. The first-order chi connectivity index (χ1) is 9.40. The highest BCUT2D eigenvalue weighted by Crippen LogP contribution is 2.21. The van der Waals surface area contributed by atoms with Gasteiger partial charge >= 0.3 is 5.97 Å². The first-order valence-corrected chi connectivity index (χ1v) is 6.26. The Hall–Kier alpha value is -2.27. The summed E-state index contributed by atoms with van der Waals surface area (Å²) in [6, 6.07) is 4.90. The van der Waals surface area contributed by atoms with Crippen LogP contribution in [0.2, 0.25) is 5.02 Å². The third-order valence-corrected chi connectivity index (χ3v) is 3.21. The molecule has 104 valence electrons. The first-order valence-electron chi connectivity index (χ1n) is 5.89. The summed E-state index contributed by atoms with van der Waals surface area (Å²) in [5.41, 5.74) is 1.96. The van der Waals surface area contributed by atoms with E-state index in [2.05, 4.69) is 10.3 Å². The van der Waals surface area contributed by atoms with Crippen molar-refractivity contribution in [1.29, 1.82) is 0 Å². The van der Waals surface area contributed by atoms with Crippen LogP contribution >= 0.6 is 11.6 Å². The second kappa shape index (κ2) is 5.38. The summed E-state index contributed by atoms with van der Waals surface area (Å²) in [5, 5.41) is 12.3. The lowest BCUT2D eigenvalue weighted by Gasteiger charge is -2.07. The number of halogens is 1. The maximum absolute atomic E-state index is 12.2. The molecule has 0 radical (unpaired) electrons. The molecule has 0 unspecified atom stereocenters. The number of hydrogen-bond acceptors (Lipinski definition) is 2. The van der Waals surface area contributed by atoms with Crippen molar-refractivity contribution in [3.8, 4) is 0 Å². The van der Waals surface area contributed by atoms with Crippen LogP contribution in [0.15, 0.2) is 24.4 Å². The van der Waals surface area contributed by atoms with Gasteiger partial charge in [-0.2, -0.15) is 0 Å². The Kier molecular flexibility index (Phi) is 3.81. The SMILES string of the molecule is Cc1cc(Cl)ccc1C(=O)Nc1c[nH]c(C)c1C(=O)O. The minimum absolute atomic E-state index is 0.0602. The third kappa shape index (κ3) is 2.67. The van der Waals surface area contributed by atoms with Crippen LogP contribution in [-0.4, -0.2) is 22.0 Å². The van der Waals surface area contributed by atoms with Crippen LogP contribution in [0.25, 0.3) is 0 Å². The molecule has 0 saturated heterocycles. The molecule has 2 aromatic rings. The van der Waals surface area contributed by atoms with Crippen molar-refractivity contribution in [2.75, 3.05) is 5.32 Å². The number of aromatic nitrogens is 1. The van der Waals surface area contributed by atoms with Crippen molar-refractivity contribution in [3.63, 3.8) is 0 Å². The number of carboxylic acids is 1. The first kappa shape index (κ1) is 14.1. The van der Waals surface area contributed by atoms with Gasteiger partial charge in [0.05, 0.1) is 5.69 Å². The van der Waals surface area contributed by atoms with Gasteiger partial charge in [0.15, 0.2) is 0 Å². The topological polar surface area (TPSA) is 82.2 Å². The van der Waals surface area contributed by atoms with E-state index < -0.39 is 5.97 Å². The predicted molar refractivity (Wildman–Crippen MR) is 76.6 cm³/mol. The largest absolute Gasteiger partial charge is 0.478 e. The van der Waals surface area contributed by atoms with Crippen LogP contribution in [0.5, 0.6) is 0 Å². The molecule has 0 spiro atoms. The molecular weight excluding hydrogens is 280 g/mol. The van der Waals surface area contributed by atoms with E-state index in [1.165, 1.54) is 6.20 Å². The fraction of sp³-hybridized carbons (Fsp3) is 0.143. The standard InChI is InChI=1S/C14H13ClN2O3/c1-7-5-9(15)3-4-10(7)13(18)17-11-6-16-8(2)12(11)14(19)20/h3-6,16H,1-2H3,(H,17,18)(H,19,20). The zero-order valence-corrected chi connectivity index (χ0v) is 11.7. The highest BCUT2D eigenvalue weighted by Gasteiger charge is 2.18. The van der Waals surface area contributed by atoms with Crippen LogP contribution in [0.1, 0.15) is 32.0 Å². The molecule has 0 saturated carbocycles. The van der Waals surface area contributed by atoms with Crippen molar-refractivity contribution in [2.45, 2.75) is 13.8 Å². The van der Waals surface area contributed by atoms with E-state index in [0.717, 1.165) is 5.56 Å². The second-order valence-corrected chi connectivity index (χ2v) is 4.86. The van der Waals surface area contributed by atoms with Crippen LogP contribution < -0.4 is 5.32 Å². The second-order valence-electron chi connectivity index (χ2n) is 4.42. The number of hydrogen-bond donors (Lipinski definition) is 3. The molecule has 1 heterocycles. The number of amides is 1. The van der Waals surface area contributed by atoms with Gasteiger partial charge in [0, 0.05) is 22.5 Å². The molecule has 2 rings (SSSR count). The number of aryl methyl sites for hydroxylation is 2. The Balaban J connectivity index is 2.31. The number of nitrogens with one attached hydrogen (secondary N) is 2. The lowest BCUT2D eigenvalue weighted by molar-refractivity contribution is 0.0697. The summed E-state index contributed by atoms with van der Waals surface area (Å²) >= 11 is 5.84. The number of benzene rings is 1. The summed E-state index contributed by atoms with van der Waals surface area (Å²) in [6.45, 7) is 3.40. The number of aromatic carboxylic acids is 1.